The molecule has 9 heteroatoms. The van der Waals surface area contributed by atoms with Gasteiger partial charge in [-0.3, -0.25) is 0 Å². The molecule has 186 valence electrons. The van der Waals surface area contributed by atoms with Crippen molar-refractivity contribution in [1.29, 1.82) is 0 Å². The van der Waals surface area contributed by atoms with Crippen molar-refractivity contribution < 1.29 is 17.6 Å². The first kappa shape index (κ1) is 27.1. The average Bonchev–Trinajstić information content (AvgIpc) is 2.75. The van der Waals surface area contributed by atoms with Crippen LogP contribution in [0.5, 0.6) is 0 Å². The first-order chi connectivity index (χ1) is 15.9. The summed E-state index contributed by atoms with van der Waals surface area (Å²) in [6.45, 7) is 16.7. The number of hydrogen-bond acceptors (Lipinski definition) is 5. The number of aromatic nitrogens is 2. The van der Waals surface area contributed by atoms with Gasteiger partial charge in [0.25, 0.3) is 0 Å². The van der Waals surface area contributed by atoms with Gasteiger partial charge in [0.1, 0.15) is 29.3 Å². The van der Waals surface area contributed by atoms with Gasteiger partial charge < -0.3 is 15.5 Å². The highest BCUT2D eigenvalue weighted by Gasteiger charge is 2.36. The van der Waals surface area contributed by atoms with Crippen molar-refractivity contribution in [1.82, 2.24) is 15.3 Å². The van der Waals surface area contributed by atoms with Gasteiger partial charge in [-0.2, -0.15) is 13.2 Å². The lowest BCUT2D eigenvalue weighted by atomic mass is 10.1. The van der Waals surface area contributed by atoms with Gasteiger partial charge in [0.05, 0.1) is 17.6 Å². The first-order valence-corrected chi connectivity index (χ1v) is 11.3. The number of nitrogens with one attached hydrogen (secondary N) is 2. The molecule has 2 aromatic heterocycles. The number of rotatable bonds is 11. The van der Waals surface area contributed by atoms with Crippen molar-refractivity contribution in [3.05, 3.63) is 66.0 Å². The Morgan fingerprint density at radius 2 is 1.82 bits per heavy atom. The molecule has 2 heterocycles. The van der Waals surface area contributed by atoms with Crippen LogP contribution in [0.2, 0.25) is 0 Å². The van der Waals surface area contributed by atoms with Gasteiger partial charge in [-0.1, -0.05) is 39.5 Å². The molecule has 0 bridgehead atoms. The maximum Gasteiger partial charge on any atom is 0.408 e. The maximum absolute atomic E-state index is 13.5. The van der Waals surface area contributed by atoms with Crippen molar-refractivity contribution in [2.24, 2.45) is 0 Å². The third-order valence-corrected chi connectivity index (χ3v) is 5.55. The second kappa shape index (κ2) is 11.4. The standard InChI is InChI=1S/C25H33F4N5/c1-8-10-21(9-2)34(19(7)32-23-16(4)13-20(26)14-30-23)24-15(3)11-12-22(33-24)17(5)31-18(6)25(27,28)29/h11-14,18,21,31H,5,7-10H2,1-4,6H3,(H,30,32)/t18-,21?/m1/s1. The summed E-state index contributed by atoms with van der Waals surface area (Å²) in [5.41, 5.74) is 1.81. The molecule has 0 radical (unpaired) electrons. The summed E-state index contributed by atoms with van der Waals surface area (Å²) in [6.07, 6.45) is -0.762. The van der Waals surface area contributed by atoms with Gasteiger partial charge in [0, 0.05) is 6.04 Å². The SMILES string of the molecule is C=C(N[C@H](C)C(F)(F)F)c1ccc(C)c(N(C(=C)Nc2ncc(F)cc2C)C(CC)CCC)n1. The molecule has 0 aliphatic carbocycles. The van der Waals surface area contributed by atoms with Gasteiger partial charge in [-0.15, -0.1) is 0 Å². The minimum atomic E-state index is -4.41. The van der Waals surface area contributed by atoms with E-state index in [0.717, 1.165) is 37.9 Å². The van der Waals surface area contributed by atoms with Crippen LogP contribution in [0.1, 0.15) is 56.9 Å². The Labute approximate surface area is 199 Å². The largest absolute Gasteiger partial charge is 0.408 e. The Kier molecular flexibility index (Phi) is 9.06. The number of nitrogens with zero attached hydrogens (tertiary/aromatic N) is 3. The lowest BCUT2D eigenvalue weighted by molar-refractivity contribution is -0.148. The second-order valence-electron chi connectivity index (χ2n) is 8.33. The molecule has 0 fully saturated rings. The smallest absolute Gasteiger partial charge is 0.373 e. The van der Waals surface area contributed by atoms with E-state index in [1.807, 2.05) is 18.7 Å². The molecule has 2 N–H and O–H groups in total. The predicted molar refractivity (Wildman–Crippen MR) is 130 cm³/mol. The van der Waals surface area contributed by atoms with Gasteiger partial charge in [0.2, 0.25) is 0 Å². The van der Waals surface area contributed by atoms with E-state index in [2.05, 4.69) is 40.7 Å². The third-order valence-electron chi connectivity index (χ3n) is 5.55. The molecular weight excluding hydrogens is 446 g/mol. The highest BCUT2D eigenvalue weighted by Crippen LogP contribution is 2.30. The van der Waals surface area contributed by atoms with Gasteiger partial charge in [-0.05, 0) is 56.9 Å². The van der Waals surface area contributed by atoms with E-state index in [4.69, 9.17) is 0 Å². The Morgan fingerprint density at radius 1 is 1.15 bits per heavy atom. The van der Waals surface area contributed by atoms with Crippen LogP contribution in [0.3, 0.4) is 0 Å². The normalized spacial score (nSPS) is 13.2. The number of alkyl halides is 3. The van der Waals surface area contributed by atoms with Gasteiger partial charge in [-0.25, -0.2) is 14.4 Å². The zero-order valence-electron chi connectivity index (χ0n) is 20.4. The maximum atomic E-state index is 13.5. The van der Waals surface area contributed by atoms with E-state index in [0.29, 0.717) is 28.7 Å². The fraction of sp³-hybridized carbons (Fsp3) is 0.440. The van der Waals surface area contributed by atoms with E-state index in [9.17, 15) is 17.6 Å². The molecule has 2 aromatic rings. The molecule has 2 rings (SSSR count). The topological polar surface area (TPSA) is 53.1 Å². The summed E-state index contributed by atoms with van der Waals surface area (Å²) in [5, 5.41) is 5.55. The molecule has 0 amide bonds. The van der Waals surface area contributed by atoms with Crippen molar-refractivity contribution in [3.63, 3.8) is 0 Å². The molecule has 0 spiro atoms. The lowest BCUT2D eigenvalue weighted by Gasteiger charge is -2.35. The molecule has 0 saturated carbocycles. The molecule has 0 saturated heterocycles. The molecule has 1 unspecified atom stereocenters. The summed E-state index contributed by atoms with van der Waals surface area (Å²) < 4.78 is 52.6. The van der Waals surface area contributed by atoms with Crippen LogP contribution in [0.15, 0.2) is 43.4 Å². The van der Waals surface area contributed by atoms with Crippen molar-refractivity contribution in [2.45, 2.75) is 72.1 Å². The zero-order chi connectivity index (χ0) is 25.6. The second-order valence-corrected chi connectivity index (χ2v) is 8.33. The number of anilines is 2. The minimum Gasteiger partial charge on any atom is -0.373 e. The van der Waals surface area contributed by atoms with E-state index < -0.39 is 18.0 Å². The summed E-state index contributed by atoms with van der Waals surface area (Å²) in [7, 11) is 0. The number of pyridine rings is 2. The summed E-state index contributed by atoms with van der Waals surface area (Å²) >= 11 is 0. The van der Waals surface area contributed by atoms with Crippen LogP contribution >= 0.6 is 0 Å². The van der Waals surface area contributed by atoms with Crippen LogP contribution in [-0.2, 0) is 0 Å². The highest BCUT2D eigenvalue weighted by molar-refractivity contribution is 5.64. The quantitative estimate of drug-likeness (QED) is 0.351. The molecule has 0 aromatic carbocycles. The Balaban J connectivity index is 2.46. The average molecular weight is 480 g/mol. The molecule has 34 heavy (non-hydrogen) atoms. The van der Waals surface area contributed by atoms with E-state index in [1.54, 1.807) is 19.1 Å². The summed E-state index contributed by atoms with van der Waals surface area (Å²) in [5.74, 6) is 1.06. The van der Waals surface area contributed by atoms with Crippen LogP contribution in [0, 0.1) is 19.7 Å². The highest BCUT2D eigenvalue weighted by atomic mass is 19.4. The lowest BCUT2D eigenvalue weighted by Crippen LogP contribution is -2.39. The number of aryl methyl sites for hydroxylation is 2. The summed E-state index contributed by atoms with van der Waals surface area (Å²) in [4.78, 5) is 10.7. The van der Waals surface area contributed by atoms with Crippen LogP contribution < -0.4 is 15.5 Å². The van der Waals surface area contributed by atoms with Crippen LogP contribution in [-0.4, -0.2) is 28.2 Å². The van der Waals surface area contributed by atoms with E-state index >= 15 is 0 Å². The van der Waals surface area contributed by atoms with Gasteiger partial charge >= 0.3 is 6.18 Å². The number of hydrogen-bond donors (Lipinski definition) is 2. The van der Waals surface area contributed by atoms with E-state index in [-0.39, 0.29) is 11.7 Å². The van der Waals surface area contributed by atoms with Crippen molar-refractivity contribution >= 4 is 17.3 Å². The van der Waals surface area contributed by atoms with Crippen LogP contribution in [0.25, 0.3) is 5.70 Å². The Hall–Kier alpha value is -3.10. The van der Waals surface area contributed by atoms with Crippen LogP contribution in [0.4, 0.5) is 29.2 Å². The third kappa shape index (κ3) is 6.71. The fourth-order valence-electron chi connectivity index (χ4n) is 3.59. The van der Waals surface area contributed by atoms with Gasteiger partial charge in [0.15, 0.2) is 0 Å². The predicted octanol–water partition coefficient (Wildman–Crippen LogP) is 6.71. The van der Waals surface area contributed by atoms with Crippen molar-refractivity contribution in [2.75, 3.05) is 10.2 Å². The number of halogens is 4. The molecule has 0 aliphatic heterocycles. The fourth-order valence-corrected chi connectivity index (χ4v) is 3.59. The zero-order valence-corrected chi connectivity index (χ0v) is 20.4. The monoisotopic (exact) mass is 479 g/mol. The minimum absolute atomic E-state index is 0.0162. The molecule has 0 aliphatic rings. The molecular formula is C25H33F4N5. The Bertz CT molecular complexity index is 1020. The molecule has 5 nitrogen and oxygen atoms in total. The van der Waals surface area contributed by atoms with E-state index in [1.165, 1.54) is 6.07 Å². The summed E-state index contributed by atoms with van der Waals surface area (Å²) in [6, 6.07) is 3.05. The first-order valence-electron chi connectivity index (χ1n) is 11.3. The Morgan fingerprint density at radius 3 is 2.38 bits per heavy atom. The van der Waals surface area contributed by atoms with Crippen molar-refractivity contribution in [3.8, 4) is 0 Å². The molecule has 2 atom stereocenters.